The number of anilines is 3. The van der Waals surface area contributed by atoms with Crippen LogP contribution in [-0.4, -0.2) is 83.6 Å². The minimum absolute atomic E-state index is 0.0223. The maximum absolute atomic E-state index is 14.0. The SMILES string of the molecule is Cc1ccc(-n2nc(C3(C(F)(F)F)CC3)cc2NC(=O)N(OS(C)(=O)=O)c2ccc(N3CCN(C(=O)c4sccc4C)CC3)nc2C)cn1. The van der Waals surface area contributed by atoms with Gasteiger partial charge in [-0.05, 0) is 74.9 Å². The van der Waals surface area contributed by atoms with Gasteiger partial charge >= 0.3 is 12.2 Å². The van der Waals surface area contributed by atoms with E-state index in [1.165, 1.54) is 23.6 Å². The molecule has 0 aromatic carbocycles. The van der Waals surface area contributed by atoms with E-state index in [0.29, 0.717) is 47.6 Å². The van der Waals surface area contributed by atoms with E-state index in [4.69, 9.17) is 4.28 Å². The first-order chi connectivity index (χ1) is 23.1. The summed E-state index contributed by atoms with van der Waals surface area (Å²) in [6, 6.07) is 8.18. The number of hydrogen-bond acceptors (Lipinski definition) is 10. The van der Waals surface area contributed by atoms with Crippen molar-refractivity contribution < 1.29 is 35.5 Å². The number of piperazine rings is 1. The van der Waals surface area contributed by atoms with E-state index in [1.54, 1.807) is 36.9 Å². The van der Waals surface area contributed by atoms with Crippen molar-refractivity contribution >= 4 is 50.7 Å². The van der Waals surface area contributed by atoms with Crippen LogP contribution in [0.5, 0.6) is 0 Å². The molecule has 1 aliphatic heterocycles. The van der Waals surface area contributed by atoms with E-state index in [9.17, 15) is 31.2 Å². The van der Waals surface area contributed by atoms with Gasteiger partial charge in [0.15, 0.2) is 0 Å². The standard InChI is InChI=1S/C31H33F3N8O5S2/c1-19-9-16-48-27(19)28(43)40-14-12-39(13-15-40)25-8-7-23(21(3)36-25)42(47-49(4,45)46)29(44)37-26-17-24(30(10-11-30)31(32,33)34)38-41(26)22-6-5-20(2)35-18-22/h5-9,16-18H,10-15H2,1-4H3,(H,37,44). The molecule has 2 fully saturated rings. The highest BCUT2D eigenvalue weighted by molar-refractivity contribution is 7.86. The molecule has 1 N–H and O–H groups in total. The van der Waals surface area contributed by atoms with Gasteiger partial charge in [0.25, 0.3) is 16.0 Å². The summed E-state index contributed by atoms with van der Waals surface area (Å²) in [6.07, 6.45) is -2.74. The van der Waals surface area contributed by atoms with E-state index in [0.717, 1.165) is 22.6 Å². The Hall–Kier alpha value is -4.55. The molecule has 1 aliphatic carbocycles. The fourth-order valence-corrected chi connectivity index (χ4v) is 6.89. The van der Waals surface area contributed by atoms with Gasteiger partial charge in [-0.2, -0.15) is 31.8 Å². The summed E-state index contributed by atoms with van der Waals surface area (Å²) in [5.41, 5.74) is -0.382. The Labute approximate surface area is 284 Å². The molecule has 4 aromatic rings. The average molecular weight is 719 g/mol. The van der Waals surface area contributed by atoms with Crippen molar-refractivity contribution in [3.8, 4) is 5.69 Å². The summed E-state index contributed by atoms with van der Waals surface area (Å²) in [4.78, 5) is 39.9. The quantitative estimate of drug-likeness (QED) is 0.245. The monoisotopic (exact) mass is 718 g/mol. The first-order valence-corrected chi connectivity index (χ1v) is 17.9. The van der Waals surface area contributed by atoms with Gasteiger partial charge in [0, 0.05) is 37.9 Å². The van der Waals surface area contributed by atoms with Crippen LogP contribution in [0.1, 0.15) is 45.2 Å². The number of hydroxylamine groups is 1. The largest absolute Gasteiger partial charge is 0.400 e. The third-order valence-corrected chi connectivity index (χ3v) is 9.90. The molecule has 6 rings (SSSR count). The van der Waals surface area contributed by atoms with Gasteiger partial charge in [0.2, 0.25) is 0 Å². The normalized spacial score (nSPS) is 16.1. The highest BCUT2D eigenvalue weighted by Gasteiger charge is 2.66. The molecule has 1 saturated heterocycles. The molecule has 5 heterocycles. The van der Waals surface area contributed by atoms with Gasteiger partial charge in [-0.25, -0.2) is 14.5 Å². The molecular formula is C31H33F3N8O5S2. The number of halogens is 3. The molecule has 4 aromatic heterocycles. The summed E-state index contributed by atoms with van der Waals surface area (Å²) in [7, 11) is -4.28. The van der Waals surface area contributed by atoms with E-state index >= 15 is 0 Å². The van der Waals surface area contributed by atoms with Crippen LogP contribution in [0, 0.1) is 20.8 Å². The van der Waals surface area contributed by atoms with Crippen LogP contribution in [0.4, 0.5) is 35.3 Å². The Kier molecular flexibility index (Phi) is 8.91. The number of carbonyl (C=O) groups is 2. The van der Waals surface area contributed by atoms with Crippen LogP contribution in [0.25, 0.3) is 5.69 Å². The Morgan fingerprint density at radius 1 is 1.04 bits per heavy atom. The van der Waals surface area contributed by atoms with Crippen LogP contribution in [0.3, 0.4) is 0 Å². The van der Waals surface area contributed by atoms with Gasteiger partial charge in [0.05, 0.1) is 40.1 Å². The van der Waals surface area contributed by atoms with Gasteiger partial charge in [-0.1, -0.05) is 0 Å². The minimum Gasteiger partial charge on any atom is -0.353 e. The maximum Gasteiger partial charge on any atom is 0.400 e. The predicted molar refractivity (Wildman–Crippen MR) is 177 cm³/mol. The van der Waals surface area contributed by atoms with Gasteiger partial charge in [-0.3, -0.25) is 15.1 Å². The number of aryl methyl sites for hydroxylation is 3. The lowest BCUT2D eigenvalue weighted by atomic mass is 10.0. The topological polar surface area (TPSA) is 143 Å². The third kappa shape index (κ3) is 6.98. The third-order valence-electron chi connectivity index (χ3n) is 8.47. The Bertz CT molecular complexity index is 2000. The number of nitrogens with zero attached hydrogens (tertiary/aromatic N) is 7. The predicted octanol–water partition coefficient (Wildman–Crippen LogP) is 5.14. The molecule has 0 unspecified atom stereocenters. The lowest BCUT2D eigenvalue weighted by Gasteiger charge is -2.35. The Morgan fingerprint density at radius 2 is 1.76 bits per heavy atom. The zero-order chi connectivity index (χ0) is 35.3. The van der Waals surface area contributed by atoms with Crippen molar-refractivity contribution in [1.82, 2.24) is 24.6 Å². The number of carbonyl (C=O) groups excluding carboxylic acids is 2. The summed E-state index contributed by atoms with van der Waals surface area (Å²) in [6.45, 7) is 7.11. The van der Waals surface area contributed by atoms with Crippen LogP contribution in [0.15, 0.2) is 48.0 Å². The Balaban J connectivity index is 1.25. The summed E-state index contributed by atoms with van der Waals surface area (Å²) in [5, 5.41) is 9.06. The summed E-state index contributed by atoms with van der Waals surface area (Å²) in [5.74, 6) is 0.358. The number of amides is 3. The molecule has 1 saturated carbocycles. The zero-order valence-electron chi connectivity index (χ0n) is 27.0. The molecule has 0 radical (unpaired) electrons. The number of rotatable bonds is 8. The number of alkyl halides is 3. The van der Waals surface area contributed by atoms with Crippen molar-refractivity contribution in [2.45, 2.75) is 45.2 Å². The lowest BCUT2D eigenvalue weighted by molar-refractivity contribution is -0.161. The van der Waals surface area contributed by atoms with E-state index in [1.807, 2.05) is 23.3 Å². The first kappa shape index (κ1) is 34.3. The van der Waals surface area contributed by atoms with Gasteiger partial charge in [-0.15, -0.1) is 15.6 Å². The number of urea groups is 1. The number of thiophene rings is 1. The van der Waals surface area contributed by atoms with Crippen LogP contribution in [0.2, 0.25) is 0 Å². The molecule has 13 nitrogen and oxygen atoms in total. The number of hydrogen-bond donors (Lipinski definition) is 1. The minimum atomic E-state index is -4.57. The van der Waals surface area contributed by atoms with E-state index < -0.39 is 27.7 Å². The second-order valence-electron chi connectivity index (χ2n) is 12.1. The molecule has 0 atom stereocenters. The Morgan fingerprint density at radius 3 is 2.31 bits per heavy atom. The van der Waals surface area contributed by atoms with Gasteiger partial charge < -0.3 is 9.80 Å². The van der Waals surface area contributed by atoms with Crippen molar-refractivity contribution in [2.75, 3.05) is 47.7 Å². The fourth-order valence-electron chi connectivity index (χ4n) is 5.58. The van der Waals surface area contributed by atoms with Crippen molar-refractivity contribution in [3.63, 3.8) is 0 Å². The van der Waals surface area contributed by atoms with E-state index in [-0.39, 0.29) is 47.3 Å². The molecular weight excluding hydrogens is 686 g/mol. The van der Waals surface area contributed by atoms with E-state index in [2.05, 4.69) is 20.4 Å². The average Bonchev–Trinajstić information content (AvgIpc) is 3.61. The van der Waals surface area contributed by atoms with Crippen molar-refractivity contribution in [2.24, 2.45) is 0 Å². The molecule has 49 heavy (non-hydrogen) atoms. The number of nitrogens with one attached hydrogen (secondary N) is 1. The smallest absolute Gasteiger partial charge is 0.353 e. The van der Waals surface area contributed by atoms with Crippen LogP contribution in [-0.2, 0) is 19.8 Å². The first-order valence-electron chi connectivity index (χ1n) is 15.2. The number of aromatic nitrogens is 4. The fraction of sp³-hybridized carbons (Fsp3) is 0.387. The number of pyridine rings is 2. The molecule has 18 heteroatoms. The van der Waals surface area contributed by atoms with Gasteiger partial charge in [0.1, 0.15) is 17.1 Å². The second kappa shape index (κ2) is 12.7. The lowest BCUT2D eigenvalue weighted by Crippen LogP contribution is -2.49. The molecule has 0 bridgehead atoms. The zero-order valence-corrected chi connectivity index (χ0v) is 28.6. The van der Waals surface area contributed by atoms with Crippen molar-refractivity contribution in [1.29, 1.82) is 0 Å². The molecule has 3 amide bonds. The maximum atomic E-state index is 14.0. The summed E-state index contributed by atoms with van der Waals surface area (Å²) < 4.78 is 72.9. The highest BCUT2D eigenvalue weighted by atomic mass is 32.2. The second-order valence-corrected chi connectivity index (χ2v) is 14.5. The molecule has 0 spiro atoms. The van der Waals surface area contributed by atoms with Crippen LogP contribution < -0.4 is 15.3 Å². The van der Waals surface area contributed by atoms with Crippen LogP contribution >= 0.6 is 11.3 Å². The highest BCUT2D eigenvalue weighted by Crippen LogP contribution is 2.58. The molecule has 260 valence electrons. The van der Waals surface area contributed by atoms with Crippen molar-refractivity contribution in [3.05, 3.63) is 75.5 Å². The molecule has 2 aliphatic rings. The summed E-state index contributed by atoms with van der Waals surface area (Å²) >= 11 is 1.41.